The summed E-state index contributed by atoms with van der Waals surface area (Å²) < 4.78 is 0. The van der Waals surface area contributed by atoms with E-state index in [-0.39, 0.29) is 24.9 Å². The molecule has 6 heteroatoms. The molecule has 2 N–H and O–H groups in total. The predicted octanol–water partition coefficient (Wildman–Crippen LogP) is -0.257. The predicted molar refractivity (Wildman–Crippen MR) is 64.9 cm³/mol. The molecule has 2 amide bonds. The van der Waals surface area contributed by atoms with Gasteiger partial charge in [0.15, 0.2) is 0 Å². The van der Waals surface area contributed by atoms with Crippen LogP contribution in [0, 0.1) is 0 Å². The summed E-state index contributed by atoms with van der Waals surface area (Å²) in [7, 11) is 1.64. The number of thiocarbonyl (C=S) groups is 1. The highest BCUT2D eigenvalue weighted by molar-refractivity contribution is 7.80. The van der Waals surface area contributed by atoms with Crippen LogP contribution in [0.15, 0.2) is 0 Å². The van der Waals surface area contributed by atoms with E-state index in [0.717, 1.165) is 12.8 Å². The average molecular weight is 243 g/mol. The minimum absolute atomic E-state index is 0.00561. The molecule has 0 aromatic carbocycles. The number of nitrogens with two attached hydrogens (primary N) is 1. The van der Waals surface area contributed by atoms with Gasteiger partial charge in [0, 0.05) is 13.6 Å². The van der Waals surface area contributed by atoms with Crippen molar-refractivity contribution in [2.45, 2.75) is 19.3 Å². The standard InChI is InChI=1S/C10H17N3O2S/c1-12-6-10(15)13(7-9(12)14)5-3-2-4-8(11)16/h2-7H2,1H3,(H2,11,16). The molecular formula is C10H17N3O2S. The van der Waals surface area contributed by atoms with Gasteiger partial charge in [-0.1, -0.05) is 12.2 Å². The number of carbonyl (C=O) groups excluding carboxylic acids is 2. The molecule has 90 valence electrons. The monoisotopic (exact) mass is 243 g/mol. The lowest BCUT2D eigenvalue weighted by atomic mass is 10.2. The molecule has 0 aliphatic carbocycles. The lowest BCUT2D eigenvalue weighted by Gasteiger charge is -2.31. The average Bonchev–Trinajstić information content (AvgIpc) is 2.19. The molecule has 16 heavy (non-hydrogen) atoms. The van der Waals surface area contributed by atoms with Crippen LogP contribution in [0.1, 0.15) is 19.3 Å². The Morgan fingerprint density at radius 2 is 2.00 bits per heavy atom. The van der Waals surface area contributed by atoms with Crippen molar-refractivity contribution in [1.29, 1.82) is 0 Å². The van der Waals surface area contributed by atoms with Crippen LogP contribution in [0.4, 0.5) is 0 Å². The molecule has 1 aliphatic rings. The van der Waals surface area contributed by atoms with Gasteiger partial charge >= 0.3 is 0 Å². The van der Waals surface area contributed by atoms with Crippen LogP contribution in [0.5, 0.6) is 0 Å². The quantitative estimate of drug-likeness (QED) is 0.534. The van der Waals surface area contributed by atoms with Crippen molar-refractivity contribution in [2.24, 2.45) is 5.73 Å². The number of likely N-dealkylation sites (N-methyl/N-ethyl adjacent to an activating group) is 1. The number of unbranched alkanes of at least 4 members (excludes halogenated alkanes) is 1. The van der Waals surface area contributed by atoms with E-state index in [0.29, 0.717) is 18.0 Å². The van der Waals surface area contributed by atoms with Gasteiger partial charge in [0.05, 0.1) is 18.1 Å². The summed E-state index contributed by atoms with van der Waals surface area (Å²) in [5, 5.41) is 0. The minimum Gasteiger partial charge on any atom is -0.393 e. The fourth-order valence-corrected chi connectivity index (χ4v) is 1.71. The topological polar surface area (TPSA) is 66.6 Å². The summed E-state index contributed by atoms with van der Waals surface area (Å²) in [4.78, 5) is 26.5. The summed E-state index contributed by atoms with van der Waals surface area (Å²) in [6, 6.07) is 0. The van der Waals surface area contributed by atoms with Gasteiger partial charge in [-0.15, -0.1) is 0 Å². The summed E-state index contributed by atoms with van der Waals surface area (Å²) in [6.07, 6.45) is 2.40. The fourth-order valence-electron chi connectivity index (χ4n) is 1.57. The first-order chi connectivity index (χ1) is 7.50. The van der Waals surface area contributed by atoms with Crippen molar-refractivity contribution in [3.05, 3.63) is 0 Å². The molecule has 0 atom stereocenters. The highest BCUT2D eigenvalue weighted by Gasteiger charge is 2.26. The van der Waals surface area contributed by atoms with E-state index in [1.807, 2.05) is 0 Å². The van der Waals surface area contributed by atoms with Gasteiger partial charge in [0.25, 0.3) is 0 Å². The normalized spacial score (nSPS) is 16.8. The van der Waals surface area contributed by atoms with Crippen molar-refractivity contribution in [2.75, 3.05) is 26.7 Å². The Morgan fingerprint density at radius 1 is 1.31 bits per heavy atom. The second kappa shape index (κ2) is 5.79. The van der Waals surface area contributed by atoms with Gasteiger partial charge in [-0.05, 0) is 19.3 Å². The van der Waals surface area contributed by atoms with Crippen molar-refractivity contribution < 1.29 is 9.59 Å². The van der Waals surface area contributed by atoms with E-state index in [2.05, 4.69) is 0 Å². The maximum absolute atomic E-state index is 11.6. The number of piperazine rings is 1. The van der Waals surface area contributed by atoms with Crippen LogP contribution < -0.4 is 5.73 Å². The lowest BCUT2D eigenvalue weighted by Crippen LogP contribution is -2.52. The molecule has 0 bridgehead atoms. The van der Waals surface area contributed by atoms with Crippen LogP contribution in [-0.4, -0.2) is 53.3 Å². The molecule has 0 radical (unpaired) electrons. The molecule has 5 nitrogen and oxygen atoms in total. The van der Waals surface area contributed by atoms with Gasteiger partial charge < -0.3 is 15.5 Å². The highest BCUT2D eigenvalue weighted by Crippen LogP contribution is 2.05. The van der Waals surface area contributed by atoms with Gasteiger partial charge in [-0.25, -0.2) is 0 Å². The summed E-state index contributed by atoms with van der Waals surface area (Å²) in [5.41, 5.74) is 5.37. The Bertz CT molecular complexity index is 306. The maximum atomic E-state index is 11.6. The molecule has 0 saturated carbocycles. The van der Waals surface area contributed by atoms with Crippen molar-refractivity contribution in [1.82, 2.24) is 9.80 Å². The molecule has 1 saturated heterocycles. The number of carbonyl (C=O) groups is 2. The second-order valence-electron chi connectivity index (χ2n) is 3.99. The molecule has 0 unspecified atom stereocenters. The largest absolute Gasteiger partial charge is 0.393 e. The van der Waals surface area contributed by atoms with Crippen LogP contribution in [0.2, 0.25) is 0 Å². The number of hydrogen-bond donors (Lipinski definition) is 1. The highest BCUT2D eigenvalue weighted by atomic mass is 32.1. The molecular weight excluding hydrogens is 226 g/mol. The summed E-state index contributed by atoms with van der Waals surface area (Å²) >= 11 is 4.76. The maximum Gasteiger partial charge on any atom is 0.242 e. The first kappa shape index (κ1) is 12.9. The number of hydrogen-bond acceptors (Lipinski definition) is 3. The Labute approximate surface area is 101 Å². The first-order valence-electron chi connectivity index (χ1n) is 5.30. The van der Waals surface area contributed by atoms with Crippen LogP contribution in [0.25, 0.3) is 0 Å². The van der Waals surface area contributed by atoms with E-state index >= 15 is 0 Å². The van der Waals surface area contributed by atoms with E-state index in [1.54, 1.807) is 11.9 Å². The van der Waals surface area contributed by atoms with Crippen molar-refractivity contribution >= 4 is 29.0 Å². The van der Waals surface area contributed by atoms with Crippen LogP contribution in [0.3, 0.4) is 0 Å². The Hall–Kier alpha value is -1.17. The van der Waals surface area contributed by atoms with E-state index in [1.165, 1.54) is 4.90 Å². The smallest absolute Gasteiger partial charge is 0.242 e. The lowest BCUT2D eigenvalue weighted by molar-refractivity contribution is -0.148. The van der Waals surface area contributed by atoms with Gasteiger partial charge in [0.2, 0.25) is 11.8 Å². The Kier molecular flexibility index (Phi) is 4.67. The molecule has 1 aliphatic heterocycles. The number of amides is 2. The Morgan fingerprint density at radius 3 is 2.62 bits per heavy atom. The third-order valence-electron chi connectivity index (χ3n) is 2.58. The van der Waals surface area contributed by atoms with E-state index in [9.17, 15) is 9.59 Å². The van der Waals surface area contributed by atoms with E-state index in [4.69, 9.17) is 18.0 Å². The molecule has 1 rings (SSSR count). The van der Waals surface area contributed by atoms with Crippen LogP contribution in [-0.2, 0) is 9.59 Å². The molecule has 0 spiro atoms. The zero-order chi connectivity index (χ0) is 12.1. The van der Waals surface area contributed by atoms with Gasteiger partial charge in [-0.3, -0.25) is 9.59 Å². The SMILES string of the molecule is CN1CC(=O)N(CCCCC(N)=S)CC1=O. The third kappa shape index (κ3) is 3.77. The summed E-state index contributed by atoms with van der Waals surface area (Å²) in [6.45, 7) is 0.998. The fraction of sp³-hybridized carbons (Fsp3) is 0.700. The van der Waals surface area contributed by atoms with Crippen molar-refractivity contribution in [3.63, 3.8) is 0 Å². The molecule has 1 fully saturated rings. The second-order valence-corrected chi connectivity index (χ2v) is 4.51. The molecule has 0 aromatic rings. The van der Waals surface area contributed by atoms with Gasteiger partial charge in [0.1, 0.15) is 0 Å². The van der Waals surface area contributed by atoms with Crippen LogP contribution >= 0.6 is 12.2 Å². The van der Waals surface area contributed by atoms with Gasteiger partial charge in [-0.2, -0.15) is 0 Å². The number of nitrogens with zero attached hydrogens (tertiary/aromatic N) is 2. The molecule has 0 aromatic heterocycles. The van der Waals surface area contributed by atoms with E-state index < -0.39 is 0 Å². The zero-order valence-electron chi connectivity index (χ0n) is 9.44. The minimum atomic E-state index is -0.00561. The van der Waals surface area contributed by atoms with Crippen molar-refractivity contribution in [3.8, 4) is 0 Å². The first-order valence-corrected chi connectivity index (χ1v) is 5.71. The third-order valence-corrected chi connectivity index (χ3v) is 2.78. The Balaban J connectivity index is 2.29. The molecule has 1 heterocycles. The number of rotatable bonds is 5. The summed E-state index contributed by atoms with van der Waals surface area (Å²) in [5.74, 6) is 0.00590. The zero-order valence-corrected chi connectivity index (χ0v) is 10.3.